The van der Waals surface area contributed by atoms with Crippen molar-refractivity contribution in [2.75, 3.05) is 0 Å². The van der Waals surface area contributed by atoms with Crippen LogP contribution < -0.4 is 25.6 Å². The first-order valence-corrected chi connectivity index (χ1v) is 8.64. The van der Waals surface area contributed by atoms with Gasteiger partial charge in [-0.3, -0.25) is 9.97 Å². The van der Waals surface area contributed by atoms with Crippen molar-refractivity contribution in [1.29, 1.82) is 0 Å². The first-order valence-electron chi connectivity index (χ1n) is 8.64. The third-order valence-corrected chi connectivity index (χ3v) is 3.71. The van der Waals surface area contributed by atoms with E-state index in [-0.39, 0.29) is 11.8 Å². The molecule has 144 valence electrons. The largest absolute Gasteiger partial charge is 0.457 e. The van der Waals surface area contributed by atoms with Crippen molar-refractivity contribution in [2.24, 2.45) is 0 Å². The number of ether oxygens (including phenoxy) is 3. The van der Waals surface area contributed by atoms with E-state index in [4.69, 9.17) is 14.2 Å². The Morgan fingerprint density at radius 2 is 1.24 bits per heavy atom. The Balaban J connectivity index is 1.56. The average molecular weight is 389 g/mol. The van der Waals surface area contributed by atoms with Gasteiger partial charge in [-0.25, -0.2) is 9.59 Å². The highest BCUT2D eigenvalue weighted by Gasteiger charge is 2.10. The highest BCUT2D eigenvalue weighted by Crippen LogP contribution is 2.34. The molecule has 8 nitrogen and oxygen atoms in total. The Hall–Kier alpha value is -4.33. The van der Waals surface area contributed by atoms with Gasteiger partial charge < -0.3 is 14.2 Å². The van der Waals surface area contributed by atoms with Crippen molar-refractivity contribution in [3.8, 4) is 34.8 Å². The molecule has 0 fully saturated rings. The monoisotopic (exact) mass is 389 g/mol. The summed E-state index contributed by atoms with van der Waals surface area (Å²) in [5.41, 5.74) is -1.53. The van der Waals surface area contributed by atoms with Gasteiger partial charge in [-0.05, 0) is 36.4 Å². The number of aromatic amines is 2. The van der Waals surface area contributed by atoms with Gasteiger partial charge in [0.2, 0.25) is 0 Å². The lowest BCUT2D eigenvalue weighted by Crippen LogP contribution is -2.24. The van der Waals surface area contributed by atoms with Crippen LogP contribution >= 0.6 is 0 Å². The van der Waals surface area contributed by atoms with Crippen molar-refractivity contribution in [1.82, 2.24) is 15.0 Å². The average Bonchev–Trinajstić information content (AvgIpc) is 2.70. The summed E-state index contributed by atoms with van der Waals surface area (Å²) in [6, 6.07) is 23.1. The summed E-state index contributed by atoms with van der Waals surface area (Å²) in [4.78, 5) is 30.6. The topological polar surface area (TPSA) is 106 Å². The molecule has 2 N–H and O–H groups in total. The normalized spacial score (nSPS) is 10.3. The van der Waals surface area contributed by atoms with E-state index in [1.807, 2.05) is 41.4 Å². The third-order valence-electron chi connectivity index (χ3n) is 3.71. The first-order chi connectivity index (χ1) is 14.2. The van der Waals surface area contributed by atoms with Crippen LogP contribution in [-0.2, 0) is 0 Å². The SMILES string of the molecule is O=c1nc(Oc2ccccc2Oc2cccc(Oc3ccccc3)c2)[nH]c(=O)[nH]1. The summed E-state index contributed by atoms with van der Waals surface area (Å²) in [7, 11) is 0. The van der Waals surface area contributed by atoms with E-state index in [0.29, 0.717) is 23.0 Å². The zero-order valence-corrected chi connectivity index (χ0v) is 15.0. The molecule has 0 amide bonds. The quantitative estimate of drug-likeness (QED) is 0.519. The minimum absolute atomic E-state index is 0.240. The number of hydrogen-bond donors (Lipinski definition) is 2. The van der Waals surface area contributed by atoms with E-state index in [1.54, 1.807) is 42.5 Å². The first kappa shape index (κ1) is 18.1. The fourth-order valence-electron chi connectivity index (χ4n) is 2.50. The molecule has 3 aromatic carbocycles. The predicted octanol–water partition coefficient (Wildman–Crippen LogP) is 3.84. The molecule has 0 saturated carbocycles. The standard InChI is InChI=1S/C21H15N3O5/c25-19-22-20(26)24-21(23-19)29-18-12-5-4-11-17(18)28-16-10-6-9-15(13-16)27-14-7-2-1-3-8-14/h1-13H,(H2,22,23,24,25,26). The van der Waals surface area contributed by atoms with Gasteiger partial charge in [0.1, 0.15) is 17.2 Å². The highest BCUT2D eigenvalue weighted by atomic mass is 16.5. The maximum Gasteiger partial charge on any atom is 0.353 e. The number of nitrogens with zero attached hydrogens (tertiary/aromatic N) is 1. The van der Waals surface area contributed by atoms with Crippen molar-refractivity contribution >= 4 is 0 Å². The van der Waals surface area contributed by atoms with Crippen LogP contribution in [0.2, 0.25) is 0 Å². The molecule has 1 heterocycles. The van der Waals surface area contributed by atoms with E-state index in [1.165, 1.54) is 0 Å². The van der Waals surface area contributed by atoms with Crippen molar-refractivity contribution < 1.29 is 14.2 Å². The number of H-pyrrole nitrogens is 2. The van der Waals surface area contributed by atoms with E-state index in [9.17, 15) is 9.59 Å². The molecule has 0 bridgehead atoms. The Kier molecular flexibility index (Phi) is 5.06. The number of rotatable bonds is 6. The molecule has 0 saturated heterocycles. The maximum atomic E-state index is 11.4. The van der Waals surface area contributed by atoms with Gasteiger partial charge in [0, 0.05) is 6.07 Å². The highest BCUT2D eigenvalue weighted by molar-refractivity contribution is 5.45. The van der Waals surface area contributed by atoms with Gasteiger partial charge in [0.25, 0.3) is 0 Å². The molecule has 0 aliphatic heterocycles. The van der Waals surface area contributed by atoms with Gasteiger partial charge >= 0.3 is 17.4 Å². The van der Waals surface area contributed by atoms with Crippen LogP contribution in [0.1, 0.15) is 0 Å². The maximum absolute atomic E-state index is 11.4. The van der Waals surface area contributed by atoms with E-state index in [0.717, 1.165) is 0 Å². The van der Waals surface area contributed by atoms with E-state index < -0.39 is 11.4 Å². The second kappa shape index (κ2) is 8.13. The lowest BCUT2D eigenvalue weighted by Gasteiger charge is -2.12. The second-order valence-corrected chi connectivity index (χ2v) is 5.84. The van der Waals surface area contributed by atoms with Crippen LogP contribution in [0.5, 0.6) is 34.8 Å². The third kappa shape index (κ3) is 4.69. The zero-order valence-electron chi connectivity index (χ0n) is 15.0. The summed E-state index contributed by atoms with van der Waals surface area (Å²) < 4.78 is 17.2. The second-order valence-electron chi connectivity index (χ2n) is 5.84. The summed E-state index contributed by atoms with van der Waals surface area (Å²) in [5.74, 6) is 2.47. The van der Waals surface area contributed by atoms with Gasteiger partial charge in [0.05, 0.1) is 0 Å². The van der Waals surface area contributed by atoms with Gasteiger partial charge in [-0.1, -0.05) is 36.4 Å². The number of hydrogen-bond acceptors (Lipinski definition) is 6. The molecule has 29 heavy (non-hydrogen) atoms. The molecule has 0 spiro atoms. The minimum atomic E-state index is -0.812. The van der Waals surface area contributed by atoms with Crippen LogP contribution in [0, 0.1) is 0 Å². The van der Waals surface area contributed by atoms with Crippen LogP contribution in [0.15, 0.2) is 88.5 Å². The molecule has 0 radical (unpaired) electrons. The van der Waals surface area contributed by atoms with Crippen LogP contribution in [-0.4, -0.2) is 15.0 Å². The Labute approximate surface area is 164 Å². The summed E-state index contributed by atoms with van der Waals surface area (Å²) in [6.07, 6.45) is 0. The van der Waals surface area contributed by atoms with Gasteiger partial charge in [-0.15, -0.1) is 4.98 Å². The van der Waals surface area contributed by atoms with Crippen molar-refractivity contribution in [2.45, 2.75) is 0 Å². The molecule has 1 aromatic heterocycles. The number of benzene rings is 3. The molecule has 0 aliphatic rings. The Morgan fingerprint density at radius 3 is 1.97 bits per heavy atom. The fourth-order valence-corrected chi connectivity index (χ4v) is 2.50. The van der Waals surface area contributed by atoms with Crippen LogP contribution in [0.3, 0.4) is 0 Å². The molecule has 4 aromatic rings. The molecule has 4 rings (SSSR count). The summed E-state index contributed by atoms with van der Waals surface area (Å²) in [6.45, 7) is 0. The van der Waals surface area contributed by atoms with Crippen LogP contribution in [0.4, 0.5) is 0 Å². The molecule has 8 heteroatoms. The predicted molar refractivity (Wildman–Crippen MR) is 105 cm³/mol. The lowest BCUT2D eigenvalue weighted by atomic mass is 10.3. The fraction of sp³-hybridized carbons (Fsp3) is 0. The zero-order chi connectivity index (χ0) is 20.1. The van der Waals surface area contributed by atoms with Crippen molar-refractivity contribution in [3.63, 3.8) is 0 Å². The molecule has 0 unspecified atom stereocenters. The summed E-state index contributed by atoms with van der Waals surface area (Å²) in [5, 5.41) is 0. The molecular formula is C21H15N3O5. The Morgan fingerprint density at radius 1 is 0.621 bits per heavy atom. The van der Waals surface area contributed by atoms with E-state index >= 15 is 0 Å². The van der Waals surface area contributed by atoms with Crippen LogP contribution in [0.25, 0.3) is 0 Å². The minimum Gasteiger partial charge on any atom is -0.457 e. The number of nitrogens with one attached hydrogen (secondary N) is 2. The van der Waals surface area contributed by atoms with Gasteiger partial charge in [-0.2, -0.15) is 0 Å². The molecular weight excluding hydrogens is 374 g/mol. The Bertz CT molecular complexity index is 1210. The number of aromatic nitrogens is 3. The molecule has 0 aliphatic carbocycles. The van der Waals surface area contributed by atoms with Gasteiger partial charge in [0.15, 0.2) is 11.5 Å². The summed E-state index contributed by atoms with van der Waals surface area (Å²) >= 11 is 0. The van der Waals surface area contributed by atoms with Crippen molar-refractivity contribution in [3.05, 3.63) is 99.8 Å². The lowest BCUT2D eigenvalue weighted by molar-refractivity contribution is 0.392. The van der Waals surface area contributed by atoms with E-state index in [2.05, 4.69) is 9.97 Å². The number of para-hydroxylation sites is 3. The smallest absolute Gasteiger partial charge is 0.353 e. The molecule has 0 atom stereocenters.